The van der Waals surface area contributed by atoms with E-state index in [0.717, 1.165) is 64.6 Å². The number of halogens is 1. The van der Waals surface area contributed by atoms with E-state index < -0.39 is 5.97 Å². The van der Waals surface area contributed by atoms with Crippen molar-refractivity contribution < 1.29 is 19.4 Å². The van der Waals surface area contributed by atoms with E-state index in [4.69, 9.17) is 21.4 Å². The summed E-state index contributed by atoms with van der Waals surface area (Å²) in [6.45, 7) is 6.12. The average molecular weight is 504 g/mol. The predicted molar refractivity (Wildman–Crippen MR) is 144 cm³/mol. The fourth-order valence-corrected chi connectivity index (χ4v) is 4.33. The number of hydrogen-bond donors (Lipinski definition) is 1. The van der Waals surface area contributed by atoms with E-state index in [1.165, 1.54) is 70.6 Å². The van der Waals surface area contributed by atoms with Gasteiger partial charge in [-0.25, -0.2) is 0 Å². The minimum absolute atomic E-state index is 0.0267. The highest BCUT2D eigenvalue weighted by Crippen LogP contribution is 2.11. The molecule has 0 bridgehead atoms. The zero-order valence-corrected chi connectivity index (χ0v) is 22.9. The van der Waals surface area contributed by atoms with Crippen molar-refractivity contribution in [3.63, 3.8) is 0 Å². The molecule has 0 saturated carbocycles. The van der Waals surface area contributed by atoms with Crippen molar-refractivity contribution in [2.24, 2.45) is 0 Å². The van der Waals surface area contributed by atoms with Crippen LogP contribution in [0.3, 0.4) is 0 Å². The molecular formula is C28H54ClNO4. The standard InChI is InChI=1S/C28H54ClNO4/c1-2-3-4-5-6-13-18-26-34-28(33)21-15-10-8-12-17-24-30(25-19-22-29)23-16-11-7-9-14-20-27(31)32/h2-26H2,1H3,(H,31,32). The van der Waals surface area contributed by atoms with Crippen molar-refractivity contribution in [1.82, 2.24) is 4.90 Å². The lowest BCUT2D eigenvalue weighted by molar-refractivity contribution is -0.144. The summed E-state index contributed by atoms with van der Waals surface area (Å²) in [6, 6.07) is 0. The third-order valence-corrected chi connectivity index (χ3v) is 6.61. The highest BCUT2D eigenvalue weighted by molar-refractivity contribution is 6.17. The molecule has 0 spiro atoms. The highest BCUT2D eigenvalue weighted by Gasteiger charge is 2.06. The minimum Gasteiger partial charge on any atom is -0.481 e. The van der Waals surface area contributed by atoms with Crippen molar-refractivity contribution >= 4 is 23.5 Å². The van der Waals surface area contributed by atoms with Gasteiger partial charge in [0.05, 0.1) is 6.61 Å². The van der Waals surface area contributed by atoms with Gasteiger partial charge in [-0.2, -0.15) is 0 Å². The second-order valence-electron chi connectivity index (χ2n) is 9.66. The van der Waals surface area contributed by atoms with Gasteiger partial charge >= 0.3 is 11.9 Å². The normalized spacial score (nSPS) is 11.3. The molecule has 0 aromatic heterocycles. The summed E-state index contributed by atoms with van der Waals surface area (Å²) >= 11 is 5.89. The van der Waals surface area contributed by atoms with E-state index in [2.05, 4.69) is 11.8 Å². The van der Waals surface area contributed by atoms with Crippen LogP contribution in [0.25, 0.3) is 0 Å². The molecule has 0 aromatic rings. The maximum absolute atomic E-state index is 11.8. The topological polar surface area (TPSA) is 66.8 Å². The second kappa shape index (κ2) is 26.8. The molecule has 0 rings (SSSR count). The third-order valence-electron chi connectivity index (χ3n) is 6.34. The number of carboxylic acid groups (broad SMARTS) is 1. The van der Waals surface area contributed by atoms with Gasteiger partial charge in [0.15, 0.2) is 0 Å². The Morgan fingerprint density at radius 2 is 1.12 bits per heavy atom. The monoisotopic (exact) mass is 503 g/mol. The number of aliphatic carboxylic acids is 1. The molecule has 1 N–H and O–H groups in total. The SMILES string of the molecule is CCCCCCCCCOC(=O)CCCCCCCN(CCCCl)CCCCCCCC(=O)O. The Labute approximate surface area is 215 Å². The van der Waals surface area contributed by atoms with Crippen LogP contribution >= 0.6 is 11.6 Å². The smallest absolute Gasteiger partial charge is 0.305 e. The fourth-order valence-electron chi connectivity index (χ4n) is 4.21. The van der Waals surface area contributed by atoms with Crippen LogP contribution in [0.4, 0.5) is 0 Å². The van der Waals surface area contributed by atoms with Crippen molar-refractivity contribution in [1.29, 1.82) is 0 Å². The van der Waals surface area contributed by atoms with Gasteiger partial charge in [-0.15, -0.1) is 11.6 Å². The number of esters is 1. The van der Waals surface area contributed by atoms with Gasteiger partial charge in [0.25, 0.3) is 0 Å². The maximum atomic E-state index is 11.8. The van der Waals surface area contributed by atoms with E-state index in [0.29, 0.717) is 25.3 Å². The molecule has 0 aliphatic carbocycles. The molecule has 0 unspecified atom stereocenters. The first-order valence-electron chi connectivity index (χ1n) is 14.3. The number of nitrogens with zero attached hydrogens (tertiary/aromatic N) is 1. The van der Waals surface area contributed by atoms with Crippen molar-refractivity contribution in [3.05, 3.63) is 0 Å². The molecule has 6 heteroatoms. The Hall–Kier alpha value is -0.810. The van der Waals surface area contributed by atoms with Crippen molar-refractivity contribution in [2.45, 2.75) is 135 Å². The molecule has 0 fully saturated rings. The summed E-state index contributed by atoms with van der Waals surface area (Å²) in [6.07, 6.45) is 21.5. The fraction of sp³-hybridized carbons (Fsp3) is 0.929. The lowest BCUT2D eigenvalue weighted by Gasteiger charge is -2.22. The summed E-state index contributed by atoms with van der Waals surface area (Å²) in [4.78, 5) is 24.9. The molecule has 0 heterocycles. The number of rotatable bonds is 27. The van der Waals surface area contributed by atoms with Gasteiger partial charge < -0.3 is 14.7 Å². The van der Waals surface area contributed by atoms with E-state index in [1.54, 1.807) is 0 Å². The average Bonchev–Trinajstić information content (AvgIpc) is 2.82. The van der Waals surface area contributed by atoms with E-state index >= 15 is 0 Å². The van der Waals surface area contributed by atoms with Crippen LogP contribution in [-0.2, 0) is 14.3 Å². The Bertz CT molecular complexity index is 462. The van der Waals surface area contributed by atoms with Gasteiger partial charge in [-0.1, -0.05) is 84.0 Å². The number of carboxylic acids is 1. The summed E-state index contributed by atoms with van der Waals surface area (Å²) in [5.41, 5.74) is 0. The van der Waals surface area contributed by atoms with Crippen LogP contribution in [0.15, 0.2) is 0 Å². The van der Waals surface area contributed by atoms with Gasteiger partial charge in [0.1, 0.15) is 0 Å². The zero-order valence-electron chi connectivity index (χ0n) is 22.2. The molecule has 0 atom stereocenters. The first-order chi connectivity index (χ1) is 16.6. The van der Waals surface area contributed by atoms with Gasteiger partial charge in [0, 0.05) is 18.7 Å². The zero-order chi connectivity index (χ0) is 25.1. The molecule has 202 valence electrons. The van der Waals surface area contributed by atoms with Crippen molar-refractivity contribution in [3.8, 4) is 0 Å². The maximum Gasteiger partial charge on any atom is 0.305 e. The molecular weight excluding hydrogens is 450 g/mol. The molecule has 0 aromatic carbocycles. The van der Waals surface area contributed by atoms with Crippen LogP contribution in [0, 0.1) is 0 Å². The predicted octanol–water partition coefficient (Wildman–Crippen LogP) is 7.98. The number of carbonyl (C=O) groups is 2. The Balaban J connectivity index is 3.59. The third kappa shape index (κ3) is 25.8. The molecule has 5 nitrogen and oxygen atoms in total. The number of ether oxygens (including phenoxy) is 1. The summed E-state index contributed by atoms with van der Waals surface area (Å²) < 4.78 is 5.36. The quantitative estimate of drug-likeness (QED) is 0.0698. The van der Waals surface area contributed by atoms with E-state index in [9.17, 15) is 9.59 Å². The summed E-state index contributed by atoms with van der Waals surface area (Å²) in [5, 5.41) is 8.68. The number of alkyl halides is 1. The van der Waals surface area contributed by atoms with Gasteiger partial charge in [-0.3, -0.25) is 9.59 Å². The summed E-state index contributed by atoms with van der Waals surface area (Å²) in [5.74, 6) is -0.00650. The Morgan fingerprint density at radius 3 is 1.68 bits per heavy atom. The summed E-state index contributed by atoms with van der Waals surface area (Å²) in [7, 11) is 0. The van der Waals surface area contributed by atoms with Crippen LogP contribution < -0.4 is 0 Å². The molecule has 0 aliphatic heterocycles. The number of hydrogen-bond acceptors (Lipinski definition) is 4. The second-order valence-corrected chi connectivity index (χ2v) is 10.0. The lowest BCUT2D eigenvalue weighted by Crippen LogP contribution is -2.27. The molecule has 0 amide bonds. The van der Waals surface area contributed by atoms with E-state index in [1.807, 2.05) is 0 Å². The number of carbonyl (C=O) groups excluding carboxylic acids is 1. The van der Waals surface area contributed by atoms with Crippen LogP contribution in [0.5, 0.6) is 0 Å². The lowest BCUT2D eigenvalue weighted by atomic mass is 10.1. The first kappa shape index (κ1) is 33.2. The first-order valence-corrected chi connectivity index (χ1v) is 14.8. The highest BCUT2D eigenvalue weighted by atomic mass is 35.5. The largest absolute Gasteiger partial charge is 0.481 e. The van der Waals surface area contributed by atoms with Gasteiger partial charge in [-0.05, 0) is 58.2 Å². The van der Waals surface area contributed by atoms with Crippen molar-refractivity contribution in [2.75, 3.05) is 32.1 Å². The minimum atomic E-state index is -0.689. The Kier molecular flexibility index (Phi) is 26.2. The van der Waals surface area contributed by atoms with Crippen LogP contribution in [0.1, 0.15) is 135 Å². The van der Waals surface area contributed by atoms with E-state index in [-0.39, 0.29) is 5.97 Å². The Morgan fingerprint density at radius 1 is 0.647 bits per heavy atom. The number of unbranched alkanes of at least 4 members (excludes halogenated alkanes) is 14. The molecule has 34 heavy (non-hydrogen) atoms. The van der Waals surface area contributed by atoms with Gasteiger partial charge in [0.2, 0.25) is 0 Å². The molecule has 0 radical (unpaired) electrons. The van der Waals surface area contributed by atoms with Crippen LogP contribution in [0.2, 0.25) is 0 Å². The van der Waals surface area contributed by atoms with Crippen LogP contribution in [-0.4, -0.2) is 54.1 Å². The molecule has 0 saturated heterocycles. The molecule has 0 aliphatic rings.